The van der Waals surface area contributed by atoms with Gasteiger partial charge in [0.05, 0.1) is 5.57 Å². The van der Waals surface area contributed by atoms with Gasteiger partial charge in [0.2, 0.25) is 0 Å². The summed E-state index contributed by atoms with van der Waals surface area (Å²) in [6.45, 7) is 1.66. The van der Waals surface area contributed by atoms with E-state index in [2.05, 4.69) is 0 Å². The van der Waals surface area contributed by atoms with Crippen molar-refractivity contribution >= 4 is 10.1 Å². The van der Waals surface area contributed by atoms with Crippen LogP contribution in [0.1, 0.15) is 0 Å². The number of alkyl halides is 8. The molecular weight excluding hydrogens is 304 g/mol. The van der Waals surface area contributed by atoms with Crippen LogP contribution in [0, 0.1) is 0 Å². The zero-order valence-electron chi connectivity index (χ0n) is 7.98. The molecule has 0 rings (SSSR count). The SMILES string of the molecule is C=C(C(F)(F)C(F)F)C(F)(F)C(F)(F)S(=O)(=O)O. The van der Waals surface area contributed by atoms with Gasteiger partial charge in [0.15, 0.2) is 0 Å². The maximum absolute atomic E-state index is 12.7. The van der Waals surface area contributed by atoms with E-state index in [-0.39, 0.29) is 0 Å². The second kappa shape index (κ2) is 4.33. The van der Waals surface area contributed by atoms with E-state index < -0.39 is 39.2 Å². The van der Waals surface area contributed by atoms with Gasteiger partial charge in [-0.15, -0.1) is 0 Å². The Morgan fingerprint density at radius 3 is 1.61 bits per heavy atom. The van der Waals surface area contributed by atoms with E-state index in [0.717, 1.165) is 0 Å². The molecule has 12 heteroatoms. The van der Waals surface area contributed by atoms with Crippen LogP contribution in [0.3, 0.4) is 0 Å². The lowest BCUT2D eigenvalue weighted by molar-refractivity contribution is -0.179. The normalized spacial score (nSPS) is 15.0. The number of rotatable bonds is 5. The second-order valence-corrected chi connectivity index (χ2v) is 4.43. The Kier molecular flexibility index (Phi) is 4.11. The Labute approximate surface area is 94.8 Å². The molecule has 0 aliphatic rings. The first-order valence-electron chi connectivity index (χ1n) is 3.68. The molecule has 3 nitrogen and oxygen atoms in total. The topological polar surface area (TPSA) is 54.4 Å². The number of allylic oxidation sites excluding steroid dienone is 1. The highest BCUT2D eigenvalue weighted by atomic mass is 32.2. The highest BCUT2D eigenvalue weighted by Gasteiger charge is 2.71. The van der Waals surface area contributed by atoms with E-state index in [0.29, 0.717) is 0 Å². The van der Waals surface area contributed by atoms with Gasteiger partial charge in [-0.25, -0.2) is 8.78 Å². The largest absolute Gasteiger partial charge is 0.435 e. The van der Waals surface area contributed by atoms with E-state index in [1.165, 1.54) is 0 Å². The molecular formula is C6H4F8O3S. The van der Waals surface area contributed by atoms with Crippen LogP contribution in [0.4, 0.5) is 35.1 Å². The zero-order chi connectivity index (χ0) is 15.2. The monoisotopic (exact) mass is 308 g/mol. The lowest BCUT2D eigenvalue weighted by Crippen LogP contribution is -2.52. The summed E-state index contributed by atoms with van der Waals surface area (Å²) in [6, 6.07) is 0. The molecule has 108 valence electrons. The third-order valence-corrected chi connectivity index (χ3v) is 2.65. The maximum atomic E-state index is 12.7. The molecule has 0 spiro atoms. The quantitative estimate of drug-likeness (QED) is 0.482. The first-order valence-corrected chi connectivity index (χ1v) is 5.12. The fourth-order valence-electron chi connectivity index (χ4n) is 0.679. The molecule has 0 radical (unpaired) electrons. The van der Waals surface area contributed by atoms with Gasteiger partial charge in [-0.2, -0.15) is 34.8 Å². The van der Waals surface area contributed by atoms with E-state index >= 15 is 0 Å². The molecule has 0 bridgehead atoms. The summed E-state index contributed by atoms with van der Waals surface area (Å²) < 4.78 is 126. The lowest BCUT2D eigenvalue weighted by atomic mass is 10.0. The van der Waals surface area contributed by atoms with E-state index in [1.54, 1.807) is 6.58 Å². The van der Waals surface area contributed by atoms with Crippen LogP contribution < -0.4 is 0 Å². The molecule has 18 heavy (non-hydrogen) atoms. The molecule has 0 saturated carbocycles. The van der Waals surface area contributed by atoms with Crippen molar-refractivity contribution in [2.24, 2.45) is 0 Å². The predicted molar refractivity (Wildman–Crippen MR) is 41.5 cm³/mol. The summed E-state index contributed by atoms with van der Waals surface area (Å²) in [5, 5.41) is -6.42. The van der Waals surface area contributed by atoms with Crippen molar-refractivity contribution in [3.8, 4) is 0 Å². The van der Waals surface area contributed by atoms with Crippen LogP contribution in [0.2, 0.25) is 0 Å². The minimum absolute atomic E-state index is 1.66. The molecule has 0 heterocycles. The molecule has 0 aromatic heterocycles. The summed E-state index contributed by atoms with van der Waals surface area (Å²) in [5.41, 5.74) is -3.33. The van der Waals surface area contributed by atoms with Crippen molar-refractivity contribution in [3.63, 3.8) is 0 Å². The average Bonchev–Trinajstić information content (AvgIpc) is 2.13. The van der Waals surface area contributed by atoms with Crippen LogP contribution in [0.5, 0.6) is 0 Å². The minimum atomic E-state index is -6.81. The standard InChI is InChI=1S/C6H4F8O3S/c1-2(4(9,10)3(7)8)5(11,12)6(13,14)18(15,16)17/h3H,1H2,(H,15,16,17). The first kappa shape index (κ1) is 17.1. The van der Waals surface area contributed by atoms with Crippen LogP contribution >= 0.6 is 0 Å². The van der Waals surface area contributed by atoms with Gasteiger partial charge in [0.1, 0.15) is 0 Å². The van der Waals surface area contributed by atoms with Gasteiger partial charge in [-0.1, -0.05) is 6.58 Å². The van der Waals surface area contributed by atoms with Crippen molar-refractivity contribution in [1.82, 2.24) is 0 Å². The van der Waals surface area contributed by atoms with Crippen molar-refractivity contribution < 1.29 is 48.1 Å². The molecule has 0 aliphatic carbocycles. The van der Waals surface area contributed by atoms with Gasteiger partial charge in [-0.05, 0) is 0 Å². The molecule has 0 aromatic rings. The summed E-state index contributed by atoms with van der Waals surface area (Å²) >= 11 is 0. The number of halogens is 8. The third kappa shape index (κ3) is 2.43. The molecule has 0 saturated heterocycles. The first-order chi connectivity index (χ1) is 7.60. The van der Waals surface area contributed by atoms with Crippen LogP contribution in [0.25, 0.3) is 0 Å². The van der Waals surface area contributed by atoms with E-state index in [1.807, 2.05) is 0 Å². The van der Waals surface area contributed by atoms with Gasteiger partial charge in [0, 0.05) is 0 Å². The zero-order valence-corrected chi connectivity index (χ0v) is 8.80. The van der Waals surface area contributed by atoms with Crippen LogP contribution in [0.15, 0.2) is 12.2 Å². The fraction of sp³-hybridized carbons (Fsp3) is 0.667. The summed E-state index contributed by atoms with van der Waals surface area (Å²) in [4.78, 5) is 0. The van der Waals surface area contributed by atoms with Gasteiger partial charge in [0.25, 0.3) is 0 Å². The van der Waals surface area contributed by atoms with Gasteiger partial charge in [-0.3, -0.25) is 4.55 Å². The van der Waals surface area contributed by atoms with E-state index in [9.17, 15) is 43.5 Å². The van der Waals surface area contributed by atoms with Crippen molar-refractivity contribution in [2.45, 2.75) is 23.5 Å². The van der Waals surface area contributed by atoms with E-state index in [4.69, 9.17) is 4.55 Å². The fourth-order valence-corrected chi connectivity index (χ4v) is 1.13. The summed E-state index contributed by atoms with van der Waals surface area (Å²) in [5.74, 6) is -12.1. The van der Waals surface area contributed by atoms with Crippen molar-refractivity contribution in [1.29, 1.82) is 0 Å². The number of hydrogen-bond donors (Lipinski definition) is 1. The Morgan fingerprint density at radius 1 is 1.06 bits per heavy atom. The van der Waals surface area contributed by atoms with Gasteiger partial charge >= 0.3 is 33.6 Å². The Hall–Kier alpha value is -0.910. The van der Waals surface area contributed by atoms with Gasteiger partial charge < -0.3 is 0 Å². The Morgan fingerprint density at radius 2 is 1.39 bits per heavy atom. The number of hydrogen-bond acceptors (Lipinski definition) is 2. The van der Waals surface area contributed by atoms with Crippen LogP contribution in [-0.2, 0) is 10.1 Å². The van der Waals surface area contributed by atoms with Crippen molar-refractivity contribution in [3.05, 3.63) is 12.2 Å². The van der Waals surface area contributed by atoms with Crippen molar-refractivity contribution in [2.75, 3.05) is 0 Å². The Balaban J connectivity index is 5.77. The Bertz CT molecular complexity index is 440. The second-order valence-electron chi connectivity index (χ2n) is 2.97. The molecule has 0 aromatic carbocycles. The molecule has 0 amide bonds. The average molecular weight is 308 g/mol. The smallest absolute Gasteiger partial charge is 0.281 e. The molecule has 0 unspecified atom stereocenters. The molecule has 0 fully saturated rings. The van der Waals surface area contributed by atoms with Crippen LogP contribution in [-0.4, -0.2) is 36.5 Å². The third-order valence-electron chi connectivity index (χ3n) is 1.74. The summed E-state index contributed by atoms with van der Waals surface area (Å²) in [7, 11) is -6.81. The maximum Gasteiger partial charge on any atom is 0.435 e. The summed E-state index contributed by atoms with van der Waals surface area (Å²) in [6.07, 6.45) is -4.81. The highest BCUT2D eigenvalue weighted by Crippen LogP contribution is 2.48. The highest BCUT2D eigenvalue weighted by molar-refractivity contribution is 7.87. The molecule has 0 aliphatic heterocycles. The molecule has 1 N–H and O–H groups in total. The molecule has 0 atom stereocenters. The lowest BCUT2D eigenvalue weighted by Gasteiger charge is -2.29. The minimum Gasteiger partial charge on any atom is -0.281 e. The predicted octanol–water partition coefficient (Wildman–Crippen LogP) is 2.56.